The summed E-state index contributed by atoms with van der Waals surface area (Å²) in [6.45, 7) is 2.74. The molecule has 0 radical (unpaired) electrons. The largest absolute Gasteiger partial charge is 0.338 e. The summed E-state index contributed by atoms with van der Waals surface area (Å²) in [6, 6.07) is 7.71. The van der Waals surface area contributed by atoms with Gasteiger partial charge in [0.05, 0.1) is 10.9 Å². The SMILES string of the molecule is Cc1nc2ccccc2c(=O)n1CC(=O)N1CCC[C@H]2CCCC[C@H]21. The number of hydrogen-bond donors (Lipinski definition) is 0. The van der Waals surface area contributed by atoms with E-state index in [9.17, 15) is 9.59 Å². The van der Waals surface area contributed by atoms with Crippen molar-refractivity contribution in [1.82, 2.24) is 14.5 Å². The highest BCUT2D eigenvalue weighted by atomic mass is 16.2. The fraction of sp³-hybridized carbons (Fsp3) is 0.550. The fourth-order valence-corrected chi connectivity index (χ4v) is 4.63. The summed E-state index contributed by atoms with van der Waals surface area (Å²) in [7, 11) is 0. The van der Waals surface area contributed by atoms with Crippen LogP contribution in [0.2, 0.25) is 0 Å². The molecule has 0 bridgehead atoms. The summed E-state index contributed by atoms with van der Waals surface area (Å²) in [4.78, 5) is 32.4. The van der Waals surface area contributed by atoms with Crippen LogP contribution in [0.25, 0.3) is 10.9 Å². The molecule has 0 spiro atoms. The second kappa shape index (κ2) is 6.62. The van der Waals surface area contributed by atoms with Crippen LogP contribution in [0.4, 0.5) is 0 Å². The summed E-state index contributed by atoms with van der Waals surface area (Å²) in [5.74, 6) is 1.33. The Morgan fingerprint density at radius 3 is 2.80 bits per heavy atom. The van der Waals surface area contributed by atoms with Crippen molar-refractivity contribution in [1.29, 1.82) is 0 Å². The fourth-order valence-electron chi connectivity index (χ4n) is 4.63. The molecule has 4 rings (SSSR count). The van der Waals surface area contributed by atoms with Crippen molar-refractivity contribution in [2.45, 2.75) is 58.0 Å². The molecule has 1 amide bonds. The average Bonchev–Trinajstić information content (AvgIpc) is 2.64. The minimum Gasteiger partial charge on any atom is -0.338 e. The van der Waals surface area contributed by atoms with Gasteiger partial charge in [0.2, 0.25) is 5.91 Å². The molecule has 2 heterocycles. The minimum atomic E-state index is -0.117. The molecule has 1 saturated heterocycles. The zero-order chi connectivity index (χ0) is 17.4. The Balaban J connectivity index is 1.62. The van der Waals surface area contributed by atoms with Crippen molar-refractivity contribution in [3.63, 3.8) is 0 Å². The Kier molecular flexibility index (Phi) is 4.32. The molecule has 132 valence electrons. The first-order valence-electron chi connectivity index (χ1n) is 9.41. The predicted octanol–water partition coefficient (Wildman–Crippen LogP) is 2.89. The lowest BCUT2D eigenvalue weighted by Gasteiger charge is -2.44. The smallest absolute Gasteiger partial charge is 0.261 e. The van der Waals surface area contributed by atoms with Gasteiger partial charge in [-0.2, -0.15) is 0 Å². The second-order valence-corrected chi connectivity index (χ2v) is 7.41. The number of benzene rings is 1. The maximum absolute atomic E-state index is 13.0. The summed E-state index contributed by atoms with van der Waals surface area (Å²) in [6.07, 6.45) is 7.17. The molecule has 1 aliphatic heterocycles. The summed E-state index contributed by atoms with van der Waals surface area (Å²) in [5, 5.41) is 0.579. The van der Waals surface area contributed by atoms with Crippen LogP contribution in [-0.4, -0.2) is 32.9 Å². The van der Waals surface area contributed by atoms with Gasteiger partial charge >= 0.3 is 0 Å². The quantitative estimate of drug-likeness (QED) is 0.845. The van der Waals surface area contributed by atoms with Crippen LogP contribution >= 0.6 is 0 Å². The monoisotopic (exact) mass is 339 g/mol. The molecule has 1 saturated carbocycles. The van der Waals surface area contributed by atoms with Crippen LogP contribution in [0.15, 0.2) is 29.1 Å². The number of carbonyl (C=O) groups is 1. The zero-order valence-corrected chi connectivity index (χ0v) is 14.8. The number of hydrogen-bond acceptors (Lipinski definition) is 3. The van der Waals surface area contributed by atoms with Gasteiger partial charge in [-0.25, -0.2) is 4.98 Å². The third kappa shape index (κ3) is 2.96. The molecule has 25 heavy (non-hydrogen) atoms. The topological polar surface area (TPSA) is 55.2 Å². The van der Waals surface area contributed by atoms with Gasteiger partial charge in [0, 0.05) is 12.6 Å². The molecule has 1 aromatic heterocycles. The Labute approximate surface area is 147 Å². The molecule has 5 nitrogen and oxygen atoms in total. The van der Waals surface area contributed by atoms with E-state index in [4.69, 9.17) is 0 Å². The van der Waals surface area contributed by atoms with E-state index >= 15 is 0 Å². The van der Waals surface area contributed by atoms with Gasteiger partial charge in [0.25, 0.3) is 5.56 Å². The van der Waals surface area contributed by atoms with E-state index in [-0.39, 0.29) is 18.0 Å². The lowest BCUT2D eigenvalue weighted by molar-refractivity contribution is -0.138. The van der Waals surface area contributed by atoms with E-state index in [0.29, 0.717) is 28.7 Å². The molecule has 2 fully saturated rings. The number of amides is 1. The molecule has 2 aliphatic rings. The zero-order valence-electron chi connectivity index (χ0n) is 14.8. The van der Waals surface area contributed by atoms with E-state index in [0.717, 1.165) is 19.4 Å². The second-order valence-electron chi connectivity index (χ2n) is 7.41. The van der Waals surface area contributed by atoms with E-state index in [2.05, 4.69) is 4.98 Å². The van der Waals surface area contributed by atoms with Crippen LogP contribution in [0.5, 0.6) is 0 Å². The van der Waals surface area contributed by atoms with Crippen LogP contribution in [-0.2, 0) is 11.3 Å². The average molecular weight is 339 g/mol. The number of aromatic nitrogens is 2. The molecule has 0 N–H and O–H groups in total. The first-order chi connectivity index (χ1) is 12.1. The molecule has 5 heteroatoms. The molecular weight excluding hydrogens is 314 g/mol. The number of likely N-dealkylation sites (tertiary alicyclic amines) is 1. The molecular formula is C20H25N3O2. The lowest BCUT2D eigenvalue weighted by atomic mass is 9.78. The summed E-state index contributed by atoms with van der Waals surface area (Å²) < 4.78 is 1.54. The van der Waals surface area contributed by atoms with E-state index in [1.165, 1.54) is 30.3 Å². The van der Waals surface area contributed by atoms with Crippen LogP contribution in [0.3, 0.4) is 0 Å². The minimum absolute atomic E-state index is 0.0684. The van der Waals surface area contributed by atoms with Crippen molar-refractivity contribution < 1.29 is 4.79 Å². The van der Waals surface area contributed by atoms with E-state index in [1.807, 2.05) is 23.1 Å². The molecule has 1 aliphatic carbocycles. The van der Waals surface area contributed by atoms with Crippen molar-refractivity contribution in [3.8, 4) is 0 Å². The molecule has 1 aromatic carbocycles. The number of nitrogens with zero attached hydrogens (tertiary/aromatic N) is 3. The van der Waals surface area contributed by atoms with Gasteiger partial charge in [-0.3, -0.25) is 14.2 Å². The van der Waals surface area contributed by atoms with Gasteiger partial charge in [-0.15, -0.1) is 0 Å². The van der Waals surface area contributed by atoms with E-state index < -0.39 is 0 Å². The van der Waals surface area contributed by atoms with Gasteiger partial charge in [0.15, 0.2) is 0 Å². The third-order valence-electron chi connectivity index (χ3n) is 5.91. The van der Waals surface area contributed by atoms with Crippen molar-refractivity contribution in [2.75, 3.05) is 6.54 Å². The number of piperidine rings is 1. The van der Waals surface area contributed by atoms with Crippen molar-refractivity contribution in [3.05, 3.63) is 40.4 Å². The van der Waals surface area contributed by atoms with Crippen LogP contribution in [0.1, 0.15) is 44.3 Å². The highest BCUT2D eigenvalue weighted by Gasteiger charge is 2.35. The molecule has 0 unspecified atom stereocenters. The Hall–Kier alpha value is -2.17. The number of fused-ring (bicyclic) bond motifs is 2. The third-order valence-corrected chi connectivity index (χ3v) is 5.91. The maximum Gasteiger partial charge on any atom is 0.261 e. The Bertz CT molecular complexity index is 856. The van der Waals surface area contributed by atoms with Gasteiger partial charge in [-0.1, -0.05) is 25.0 Å². The number of aryl methyl sites for hydroxylation is 1. The standard InChI is InChI=1S/C20H25N3O2/c1-14-21-17-10-4-3-9-16(17)20(25)23(14)13-19(24)22-12-6-8-15-7-2-5-11-18(15)22/h3-4,9-10,15,18H,2,5-8,11-13H2,1H3/t15-,18-/m1/s1. The number of para-hydroxylation sites is 1. The van der Waals surface area contributed by atoms with Crippen LogP contribution in [0, 0.1) is 12.8 Å². The van der Waals surface area contributed by atoms with Gasteiger partial charge in [0.1, 0.15) is 12.4 Å². The van der Waals surface area contributed by atoms with Gasteiger partial charge < -0.3 is 4.90 Å². The highest BCUT2D eigenvalue weighted by Crippen LogP contribution is 2.35. The number of carbonyl (C=O) groups excluding carboxylic acids is 1. The summed E-state index contributed by atoms with van der Waals surface area (Å²) >= 11 is 0. The number of rotatable bonds is 2. The van der Waals surface area contributed by atoms with Crippen molar-refractivity contribution in [2.24, 2.45) is 5.92 Å². The normalized spacial score (nSPS) is 23.5. The highest BCUT2D eigenvalue weighted by molar-refractivity contribution is 5.79. The first-order valence-corrected chi connectivity index (χ1v) is 9.41. The summed E-state index contributed by atoms with van der Waals surface area (Å²) in [5.41, 5.74) is 0.577. The predicted molar refractivity (Wildman–Crippen MR) is 97.4 cm³/mol. The van der Waals surface area contributed by atoms with Crippen LogP contribution < -0.4 is 5.56 Å². The first kappa shape index (κ1) is 16.3. The molecule has 2 atom stereocenters. The Morgan fingerprint density at radius 1 is 1.16 bits per heavy atom. The van der Waals surface area contributed by atoms with Crippen molar-refractivity contribution >= 4 is 16.8 Å². The Morgan fingerprint density at radius 2 is 1.92 bits per heavy atom. The van der Waals surface area contributed by atoms with E-state index in [1.54, 1.807) is 13.0 Å². The maximum atomic E-state index is 13.0. The lowest BCUT2D eigenvalue weighted by Crippen LogP contribution is -2.51. The van der Waals surface area contributed by atoms with Gasteiger partial charge in [-0.05, 0) is 50.7 Å². The molecule has 2 aromatic rings.